The van der Waals surface area contributed by atoms with Gasteiger partial charge in [0.2, 0.25) is 0 Å². The Balaban J connectivity index is 1.66. The molecule has 1 amide bonds. The van der Waals surface area contributed by atoms with E-state index in [1.54, 1.807) is 0 Å². The van der Waals surface area contributed by atoms with Crippen LogP contribution >= 0.6 is 0 Å². The number of quaternary nitrogens is 1. The molecule has 0 bridgehead atoms. The lowest BCUT2D eigenvalue weighted by Gasteiger charge is -2.14. The number of hydrogen-bond donors (Lipinski definition) is 2. The zero-order valence-corrected chi connectivity index (χ0v) is 15.0. The van der Waals surface area contributed by atoms with Crippen LogP contribution < -0.4 is 10.6 Å². The van der Waals surface area contributed by atoms with Gasteiger partial charge in [0, 0.05) is 11.3 Å². The van der Waals surface area contributed by atoms with E-state index >= 15 is 0 Å². The number of benzene rings is 3. The molecule has 0 radical (unpaired) electrons. The minimum atomic E-state index is 0.0285. The van der Waals surface area contributed by atoms with Crippen LogP contribution in [0.1, 0.15) is 29.7 Å². The van der Waals surface area contributed by atoms with Crippen molar-refractivity contribution in [2.75, 3.05) is 11.9 Å². The molecule has 0 heterocycles. The van der Waals surface area contributed by atoms with Crippen LogP contribution in [0.5, 0.6) is 0 Å². The molecular formula is C22H25N2O+. The summed E-state index contributed by atoms with van der Waals surface area (Å²) in [5.74, 6) is 0.0285. The molecule has 3 heteroatoms. The highest BCUT2D eigenvalue weighted by atomic mass is 16.1. The zero-order chi connectivity index (χ0) is 17.8. The molecule has 0 aliphatic heterocycles. The fraction of sp³-hybridized carbons (Fsp3) is 0.227. The van der Waals surface area contributed by atoms with Gasteiger partial charge in [-0.3, -0.25) is 4.79 Å². The Labute approximate surface area is 149 Å². The summed E-state index contributed by atoms with van der Waals surface area (Å²) in [6, 6.07) is 21.1. The maximum absolute atomic E-state index is 12.3. The minimum Gasteiger partial charge on any atom is -0.332 e. The van der Waals surface area contributed by atoms with E-state index < -0.39 is 0 Å². The zero-order valence-electron chi connectivity index (χ0n) is 15.0. The molecule has 0 aliphatic rings. The van der Waals surface area contributed by atoms with Crippen LogP contribution in [0.4, 0.5) is 5.69 Å². The Morgan fingerprint density at radius 3 is 2.64 bits per heavy atom. The van der Waals surface area contributed by atoms with Gasteiger partial charge in [-0.2, -0.15) is 0 Å². The number of aryl methyl sites for hydroxylation is 2. The number of nitrogens with one attached hydrogen (secondary N) is 1. The number of carbonyl (C=O) groups is 1. The molecule has 3 nitrogen and oxygen atoms in total. The fourth-order valence-electron chi connectivity index (χ4n) is 3.13. The second-order valence-corrected chi connectivity index (χ2v) is 6.66. The topological polar surface area (TPSA) is 45.7 Å². The van der Waals surface area contributed by atoms with Crippen LogP contribution in [-0.2, 0) is 4.79 Å². The van der Waals surface area contributed by atoms with Crippen molar-refractivity contribution in [3.63, 3.8) is 0 Å². The molecule has 0 saturated heterocycles. The van der Waals surface area contributed by atoms with Crippen LogP contribution in [-0.4, -0.2) is 12.5 Å². The highest BCUT2D eigenvalue weighted by molar-refractivity contribution is 5.92. The number of anilines is 1. The molecule has 0 saturated carbocycles. The van der Waals surface area contributed by atoms with Gasteiger partial charge in [-0.25, -0.2) is 0 Å². The van der Waals surface area contributed by atoms with E-state index in [1.165, 1.54) is 16.3 Å². The van der Waals surface area contributed by atoms with Gasteiger partial charge in [0.15, 0.2) is 6.54 Å². The number of fused-ring (bicyclic) bond motifs is 1. The van der Waals surface area contributed by atoms with E-state index in [0.29, 0.717) is 6.54 Å². The number of hydrogen-bond acceptors (Lipinski definition) is 1. The van der Waals surface area contributed by atoms with Gasteiger partial charge in [0.25, 0.3) is 5.91 Å². The molecular weight excluding hydrogens is 308 g/mol. The average Bonchev–Trinajstić information content (AvgIpc) is 2.62. The van der Waals surface area contributed by atoms with Gasteiger partial charge in [0.1, 0.15) is 6.04 Å². The number of amides is 1. The predicted molar refractivity (Wildman–Crippen MR) is 104 cm³/mol. The quantitative estimate of drug-likeness (QED) is 0.734. The lowest BCUT2D eigenvalue weighted by atomic mass is 10.00. The third-order valence-electron chi connectivity index (χ3n) is 4.64. The van der Waals surface area contributed by atoms with Crippen molar-refractivity contribution in [3.8, 4) is 0 Å². The molecule has 3 aromatic carbocycles. The number of nitrogens with two attached hydrogens (primary N) is 1. The second-order valence-electron chi connectivity index (χ2n) is 6.66. The Morgan fingerprint density at radius 2 is 1.80 bits per heavy atom. The summed E-state index contributed by atoms with van der Waals surface area (Å²) in [7, 11) is 0. The van der Waals surface area contributed by atoms with Crippen molar-refractivity contribution in [2.45, 2.75) is 26.8 Å². The van der Waals surface area contributed by atoms with Gasteiger partial charge >= 0.3 is 0 Å². The molecule has 0 aromatic heterocycles. The molecule has 0 fully saturated rings. The van der Waals surface area contributed by atoms with Gasteiger partial charge in [-0.15, -0.1) is 0 Å². The fourth-order valence-corrected chi connectivity index (χ4v) is 3.13. The second kappa shape index (κ2) is 7.49. The Kier molecular flexibility index (Phi) is 5.15. The van der Waals surface area contributed by atoms with Crippen molar-refractivity contribution in [1.82, 2.24) is 0 Å². The first kappa shape index (κ1) is 17.2. The van der Waals surface area contributed by atoms with Gasteiger partial charge < -0.3 is 10.6 Å². The standard InChI is InChI=1S/C22H24N2O/c1-15-11-12-16(2)21(13-15)24-22(25)14-23-17(3)19-10-6-8-18-7-4-5-9-20(18)19/h4-13,17,23H,14H2,1-3H3,(H,24,25)/p+1/t17-/m1/s1. The molecule has 3 aromatic rings. The summed E-state index contributed by atoms with van der Waals surface area (Å²) in [5, 5.41) is 7.60. The first-order chi connectivity index (χ1) is 12.0. The summed E-state index contributed by atoms with van der Waals surface area (Å²) >= 11 is 0. The summed E-state index contributed by atoms with van der Waals surface area (Å²) in [5.41, 5.74) is 4.39. The van der Waals surface area contributed by atoms with E-state index in [1.807, 2.05) is 26.0 Å². The van der Waals surface area contributed by atoms with Gasteiger partial charge in [0.05, 0.1) is 0 Å². The van der Waals surface area contributed by atoms with E-state index in [-0.39, 0.29) is 11.9 Å². The monoisotopic (exact) mass is 333 g/mol. The Bertz CT molecular complexity index is 896. The Morgan fingerprint density at radius 1 is 1.04 bits per heavy atom. The van der Waals surface area contributed by atoms with Gasteiger partial charge in [-0.05, 0) is 48.7 Å². The maximum Gasteiger partial charge on any atom is 0.279 e. The molecule has 25 heavy (non-hydrogen) atoms. The summed E-state index contributed by atoms with van der Waals surface area (Å²) in [4.78, 5) is 12.3. The largest absolute Gasteiger partial charge is 0.332 e. The summed E-state index contributed by atoms with van der Waals surface area (Å²) in [6.45, 7) is 6.59. The van der Waals surface area contributed by atoms with Crippen LogP contribution in [0.25, 0.3) is 10.8 Å². The molecule has 0 spiro atoms. The Hall–Kier alpha value is -2.65. The maximum atomic E-state index is 12.3. The molecule has 0 aliphatic carbocycles. The summed E-state index contributed by atoms with van der Waals surface area (Å²) < 4.78 is 0. The van der Waals surface area contributed by atoms with E-state index in [9.17, 15) is 4.79 Å². The number of rotatable bonds is 5. The van der Waals surface area contributed by atoms with E-state index in [4.69, 9.17) is 0 Å². The average molecular weight is 333 g/mol. The number of carbonyl (C=O) groups excluding carboxylic acids is 1. The highest BCUT2D eigenvalue weighted by Crippen LogP contribution is 2.22. The highest BCUT2D eigenvalue weighted by Gasteiger charge is 2.14. The van der Waals surface area contributed by atoms with E-state index in [2.05, 4.69) is 66.1 Å². The van der Waals surface area contributed by atoms with Crippen LogP contribution in [0, 0.1) is 13.8 Å². The molecule has 128 valence electrons. The SMILES string of the molecule is Cc1ccc(C)c(NC(=O)C[NH2+][C@H](C)c2cccc3ccccc23)c1. The third kappa shape index (κ3) is 4.06. The molecule has 3 N–H and O–H groups in total. The van der Waals surface area contributed by atoms with Crippen LogP contribution in [0.3, 0.4) is 0 Å². The van der Waals surface area contributed by atoms with Crippen LogP contribution in [0.15, 0.2) is 60.7 Å². The third-order valence-corrected chi connectivity index (χ3v) is 4.64. The van der Waals surface area contributed by atoms with Crippen molar-refractivity contribution in [1.29, 1.82) is 0 Å². The lowest BCUT2D eigenvalue weighted by molar-refractivity contribution is -0.682. The van der Waals surface area contributed by atoms with Gasteiger partial charge in [-0.1, -0.05) is 54.6 Å². The minimum absolute atomic E-state index is 0.0285. The smallest absolute Gasteiger partial charge is 0.279 e. The van der Waals surface area contributed by atoms with Crippen molar-refractivity contribution < 1.29 is 10.1 Å². The molecule has 0 unspecified atom stereocenters. The van der Waals surface area contributed by atoms with E-state index in [0.717, 1.165) is 16.8 Å². The van der Waals surface area contributed by atoms with Crippen molar-refractivity contribution in [3.05, 3.63) is 77.4 Å². The molecule has 1 atom stereocenters. The van der Waals surface area contributed by atoms with Crippen molar-refractivity contribution >= 4 is 22.4 Å². The normalized spacial score (nSPS) is 12.1. The summed E-state index contributed by atoms with van der Waals surface area (Å²) in [6.07, 6.45) is 0. The van der Waals surface area contributed by atoms with Crippen molar-refractivity contribution in [2.24, 2.45) is 0 Å². The molecule has 3 rings (SSSR count). The predicted octanol–water partition coefficient (Wildman–Crippen LogP) is 3.72. The van der Waals surface area contributed by atoms with Crippen LogP contribution in [0.2, 0.25) is 0 Å². The lowest BCUT2D eigenvalue weighted by Crippen LogP contribution is -2.86. The first-order valence-electron chi connectivity index (χ1n) is 8.72. The first-order valence-corrected chi connectivity index (χ1v) is 8.72.